The van der Waals surface area contributed by atoms with Crippen LogP contribution in [0.3, 0.4) is 0 Å². The third-order valence-corrected chi connectivity index (χ3v) is 7.18. The fourth-order valence-electron chi connectivity index (χ4n) is 4.94. The molecule has 2 aromatic carbocycles. The van der Waals surface area contributed by atoms with E-state index in [9.17, 15) is 24.0 Å². The molecule has 4 rings (SSSR count). The molecule has 0 aliphatic carbocycles. The molecular formula is C31H34ClNO12. The molecule has 0 aromatic heterocycles. The van der Waals surface area contributed by atoms with E-state index in [2.05, 4.69) is 0 Å². The second-order valence-corrected chi connectivity index (χ2v) is 10.7. The minimum Gasteiger partial charge on any atom is -0.463 e. The van der Waals surface area contributed by atoms with Gasteiger partial charge in [0, 0.05) is 46.3 Å². The second-order valence-electron chi connectivity index (χ2n) is 10.3. The molecule has 2 fully saturated rings. The van der Waals surface area contributed by atoms with E-state index in [0.717, 1.165) is 31.9 Å². The Morgan fingerprint density at radius 1 is 0.778 bits per heavy atom. The Morgan fingerprint density at radius 3 is 1.93 bits per heavy atom. The van der Waals surface area contributed by atoms with E-state index in [1.807, 2.05) is 0 Å². The Hall–Kier alpha value is -4.20. The van der Waals surface area contributed by atoms with Crippen molar-refractivity contribution in [3.63, 3.8) is 0 Å². The first-order chi connectivity index (χ1) is 21.4. The lowest BCUT2D eigenvalue weighted by molar-refractivity contribution is -0.288. The molecule has 2 heterocycles. The van der Waals surface area contributed by atoms with Gasteiger partial charge in [-0.05, 0) is 35.4 Å². The highest BCUT2D eigenvalue weighted by Crippen LogP contribution is 2.35. The second kappa shape index (κ2) is 15.2. The van der Waals surface area contributed by atoms with Crippen LogP contribution in [-0.4, -0.2) is 98.3 Å². The molecule has 0 spiro atoms. The lowest BCUT2D eigenvalue weighted by atomic mass is 9.98. The summed E-state index contributed by atoms with van der Waals surface area (Å²) in [5, 5.41) is 0.161. The summed E-state index contributed by atoms with van der Waals surface area (Å²) in [4.78, 5) is 62.2. The molecule has 13 nitrogen and oxygen atoms in total. The first kappa shape index (κ1) is 33.7. The number of hydrogen-bond donors (Lipinski definition) is 0. The predicted molar refractivity (Wildman–Crippen MR) is 156 cm³/mol. The summed E-state index contributed by atoms with van der Waals surface area (Å²) < 4.78 is 38.7. The van der Waals surface area contributed by atoms with Gasteiger partial charge < -0.3 is 38.1 Å². The first-order valence-corrected chi connectivity index (χ1v) is 14.5. The minimum absolute atomic E-state index is 0.0727. The van der Waals surface area contributed by atoms with Crippen molar-refractivity contribution in [3.8, 4) is 16.9 Å². The van der Waals surface area contributed by atoms with Crippen LogP contribution >= 0.6 is 11.6 Å². The van der Waals surface area contributed by atoms with Gasteiger partial charge in [-0.2, -0.15) is 0 Å². The third-order valence-electron chi connectivity index (χ3n) is 6.89. The van der Waals surface area contributed by atoms with Crippen molar-refractivity contribution < 1.29 is 57.1 Å². The molecule has 1 amide bonds. The number of rotatable bonds is 9. The lowest BCUT2D eigenvalue weighted by Crippen LogP contribution is -2.63. The van der Waals surface area contributed by atoms with Crippen molar-refractivity contribution in [2.75, 3.05) is 32.9 Å². The Bertz CT molecular complexity index is 1410. The van der Waals surface area contributed by atoms with Crippen LogP contribution in [0.15, 0.2) is 42.5 Å². The highest BCUT2D eigenvalue weighted by atomic mass is 35.5. The molecular weight excluding hydrogens is 614 g/mol. The Kier molecular flexibility index (Phi) is 11.4. The third kappa shape index (κ3) is 8.93. The van der Waals surface area contributed by atoms with Crippen LogP contribution in [0.2, 0.25) is 5.02 Å². The molecule has 0 N–H and O–H groups in total. The zero-order chi connectivity index (χ0) is 32.7. The largest absolute Gasteiger partial charge is 0.463 e. The summed E-state index contributed by atoms with van der Waals surface area (Å²) in [6.07, 6.45) is -6.70. The molecule has 242 valence electrons. The number of halogens is 1. The van der Waals surface area contributed by atoms with E-state index in [4.69, 9.17) is 44.8 Å². The number of carbonyl (C=O) groups excluding carboxylic acids is 5. The fourth-order valence-corrected chi connectivity index (χ4v) is 5.16. The quantitative estimate of drug-likeness (QED) is 0.290. The van der Waals surface area contributed by atoms with Crippen molar-refractivity contribution in [2.45, 2.75) is 58.4 Å². The highest BCUT2D eigenvalue weighted by Gasteiger charge is 2.53. The van der Waals surface area contributed by atoms with E-state index in [0.29, 0.717) is 31.9 Å². The number of amides is 1. The van der Waals surface area contributed by atoms with E-state index >= 15 is 0 Å². The number of nitrogens with zero attached hydrogens (tertiary/aromatic N) is 1. The normalized spacial score (nSPS) is 23.0. The van der Waals surface area contributed by atoms with Gasteiger partial charge in [0.05, 0.1) is 18.2 Å². The van der Waals surface area contributed by atoms with Gasteiger partial charge in [0.1, 0.15) is 18.5 Å². The number of esters is 4. The summed E-state index contributed by atoms with van der Waals surface area (Å²) >= 11 is 6.61. The molecule has 0 saturated carbocycles. The zero-order valence-electron chi connectivity index (χ0n) is 25.2. The van der Waals surface area contributed by atoms with Crippen molar-refractivity contribution in [2.24, 2.45) is 0 Å². The molecule has 0 bridgehead atoms. The van der Waals surface area contributed by atoms with E-state index in [1.165, 1.54) is 6.92 Å². The number of morpholine rings is 1. The Labute approximate surface area is 264 Å². The molecule has 0 unspecified atom stereocenters. The van der Waals surface area contributed by atoms with Gasteiger partial charge in [-0.15, -0.1) is 0 Å². The molecule has 2 saturated heterocycles. The topological polar surface area (TPSA) is 153 Å². The van der Waals surface area contributed by atoms with Crippen LogP contribution in [-0.2, 0) is 47.6 Å². The molecule has 2 aliphatic rings. The van der Waals surface area contributed by atoms with Gasteiger partial charge in [0.25, 0.3) is 5.91 Å². The van der Waals surface area contributed by atoms with Gasteiger partial charge in [-0.1, -0.05) is 29.8 Å². The van der Waals surface area contributed by atoms with E-state index in [-0.39, 0.29) is 16.7 Å². The molecule has 2 aliphatic heterocycles. The monoisotopic (exact) mass is 647 g/mol. The SMILES string of the molecule is CC(=O)OC[C@H]1O[C@H](Oc2ccc(-c3ccc(C(=O)N4CCOCC4)cc3)cc2Cl)[C@@H](OC(C)=O)[C@@H](OC(C)=O)[C@@H]1OC(C)=O. The number of ether oxygens (including phenoxy) is 7. The van der Waals surface area contributed by atoms with Crippen molar-refractivity contribution in [1.82, 2.24) is 4.90 Å². The van der Waals surface area contributed by atoms with Gasteiger partial charge in [0.2, 0.25) is 12.4 Å². The molecule has 14 heteroatoms. The maximum atomic E-state index is 12.8. The Morgan fingerprint density at radius 2 is 1.36 bits per heavy atom. The summed E-state index contributed by atoms with van der Waals surface area (Å²) in [6, 6.07) is 12.0. The van der Waals surface area contributed by atoms with E-state index < -0.39 is 61.2 Å². The number of benzene rings is 2. The first-order valence-electron chi connectivity index (χ1n) is 14.2. The van der Waals surface area contributed by atoms with Crippen LogP contribution < -0.4 is 4.74 Å². The smallest absolute Gasteiger partial charge is 0.303 e. The fraction of sp³-hybridized carbons (Fsp3) is 0.452. The highest BCUT2D eigenvalue weighted by molar-refractivity contribution is 6.32. The van der Waals surface area contributed by atoms with Gasteiger partial charge in [-0.3, -0.25) is 24.0 Å². The minimum atomic E-state index is -1.43. The van der Waals surface area contributed by atoms with Gasteiger partial charge >= 0.3 is 23.9 Å². The van der Waals surface area contributed by atoms with Crippen molar-refractivity contribution >= 4 is 41.4 Å². The summed E-state index contributed by atoms with van der Waals surface area (Å²) in [6.45, 7) is 6.27. The number of carbonyl (C=O) groups is 5. The van der Waals surface area contributed by atoms with Crippen LogP contribution in [0.1, 0.15) is 38.1 Å². The standard InChI is InChI=1S/C31H34ClNO12/c1-17(34)40-16-26-27(41-18(2)35)28(42-19(3)36)29(43-20(4)37)31(45-26)44-25-10-9-23(15-24(25)32)21-5-7-22(8-6-21)30(38)33-11-13-39-14-12-33/h5-10,15,26-29,31H,11-14,16H2,1-4H3/t26-,27-,28+,29+,31+/m1/s1. The maximum Gasteiger partial charge on any atom is 0.303 e. The lowest BCUT2D eigenvalue weighted by Gasteiger charge is -2.44. The van der Waals surface area contributed by atoms with E-state index in [1.54, 1.807) is 47.4 Å². The maximum absolute atomic E-state index is 12.8. The van der Waals surface area contributed by atoms with Crippen molar-refractivity contribution in [3.05, 3.63) is 53.1 Å². The van der Waals surface area contributed by atoms with Crippen LogP contribution in [0.25, 0.3) is 11.1 Å². The Balaban J connectivity index is 1.58. The average Bonchev–Trinajstić information content (AvgIpc) is 2.99. The van der Waals surface area contributed by atoms with Crippen LogP contribution in [0.5, 0.6) is 5.75 Å². The molecule has 2 aromatic rings. The summed E-state index contributed by atoms with van der Waals surface area (Å²) in [7, 11) is 0. The van der Waals surface area contributed by atoms with Gasteiger partial charge in [0.15, 0.2) is 12.2 Å². The summed E-state index contributed by atoms with van der Waals surface area (Å²) in [5.74, 6) is -2.85. The van der Waals surface area contributed by atoms with Crippen LogP contribution in [0, 0.1) is 0 Å². The zero-order valence-corrected chi connectivity index (χ0v) is 25.9. The average molecular weight is 648 g/mol. The van der Waals surface area contributed by atoms with Crippen LogP contribution in [0.4, 0.5) is 0 Å². The summed E-state index contributed by atoms with van der Waals surface area (Å²) in [5.41, 5.74) is 2.06. The van der Waals surface area contributed by atoms with Crippen molar-refractivity contribution in [1.29, 1.82) is 0 Å². The molecule has 0 radical (unpaired) electrons. The van der Waals surface area contributed by atoms with Gasteiger partial charge in [-0.25, -0.2) is 0 Å². The molecule has 45 heavy (non-hydrogen) atoms. The molecule has 5 atom stereocenters. The predicted octanol–water partition coefficient (Wildman–Crippen LogP) is 2.94. The number of hydrogen-bond acceptors (Lipinski definition) is 12.